The molecule has 1 aromatic rings. The van der Waals surface area contributed by atoms with Crippen LogP contribution in [0.25, 0.3) is 0 Å². The molecular weight excluding hydrogens is 258 g/mol. The first kappa shape index (κ1) is 13.4. The number of carbonyl (C=O) groups is 1. The Kier molecular flexibility index (Phi) is 3.63. The van der Waals surface area contributed by atoms with Gasteiger partial charge in [-0.3, -0.25) is 0 Å². The summed E-state index contributed by atoms with van der Waals surface area (Å²) < 4.78 is 5.30. The third-order valence-corrected chi connectivity index (χ3v) is 4.23. The first-order valence-corrected chi connectivity index (χ1v) is 6.98. The summed E-state index contributed by atoms with van der Waals surface area (Å²) in [7, 11) is 0. The fourth-order valence-corrected chi connectivity index (χ4v) is 3.20. The zero-order chi connectivity index (χ0) is 14.1. The number of aliphatic hydroxyl groups is 2. The number of hydrogen-bond acceptors (Lipinski definition) is 4. The molecule has 1 aromatic carbocycles. The zero-order valence-electron chi connectivity index (χ0n) is 11.2. The molecule has 3 rings (SSSR count). The van der Waals surface area contributed by atoms with E-state index in [0.29, 0.717) is 13.0 Å². The van der Waals surface area contributed by atoms with E-state index in [2.05, 4.69) is 0 Å². The van der Waals surface area contributed by atoms with Gasteiger partial charge in [-0.05, 0) is 24.3 Å². The summed E-state index contributed by atoms with van der Waals surface area (Å²) in [6.07, 6.45) is -0.697. The van der Waals surface area contributed by atoms with Crippen molar-refractivity contribution in [2.45, 2.75) is 37.7 Å². The molecule has 2 bridgehead atoms. The molecule has 1 aliphatic carbocycles. The molecule has 1 heterocycles. The third kappa shape index (κ3) is 2.51. The van der Waals surface area contributed by atoms with Gasteiger partial charge in [-0.25, -0.2) is 4.79 Å². The summed E-state index contributed by atoms with van der Waals surface area (Å²) in [6.45, 7) is 0.790. The Morgan fingerprint density at radius 1 is 1.25 bits per heavy atom. The molecule has 1 saturated heterocycles. The Morgan fingerprint density at radius 3 is 2.75 bits per heavy atom. The van der Waals surface area contributed by atoms with E-state index in [1.165, 1.54) is 0 Å². The number of fused-ring (bicyclic) bond motifs is 2. The van der Waals surface area contributed by atoms with Crippen molar-refractivity contribution in [3.8, 4) is 0 Å². The quantitative estimate of drug-likeness (QED) is 0.850. The van der Waals surface area contributed by atoms with Crippen LogP contribution in [-0.4, -0.2) is 46.0 Å². The van der Waals surface area contributed by atoms with Crippen molar-refractivity contribution in [3.05, 3.63) is 35.9 Å². The lowest BCUT2D eigenvalue weighted by Crippen LogP contribution is -2.48. The van der Waals surface area contributed by atoms with E-state index in [1.54, 1.807) is 4.90 Å². The lowest BCUT2D eigenvalue weighted by atomic mass is 9.86. The molecule has 20 heavy (non-hydrogen) atoms. The second kappa shape index (κ2) is 5.42. The van der Waals surface area contributed by atoms with Crippen LogP contribution in [0.2, 0.25) is 0 Å². The number of amides is 1. The van der Waals surface area contributed by atoms with E-state index in [1.807, 2.05) is 30.3 Å². The summed E-state index contributed by atoms with van der Waals surface area (Å²) in [5.74, 6) is 0.266. The monoisotopic (exact) mass is 277 g/mol. The van der Waals surface area contributed by atoms with Crippen LogP contribution < -0.4 is 0 Å². The average Bonchev–Trinajstić information content (AvgIpc) is 2.83. The number of ether oxygens (including phenoxy) is 1. The topological polar surface area (TPSA) is 70.0 Å². The minimum absolute atomic E-state index is 0.228. The van der Waals surface area contributed by atoms with Crippen LogP contribution in [0.3, 0.4) is 0 Å². The van der Waals surface area contributed by atoms with E-state index in [0.717, 1.165) is 12.0 Å². The van der Waals surface area contributed by atoms with Gasteiger partial charge in [-0.1, -0.05) is 30.3 Å². The van der Waals surface area contributed by atoms with E-state index >= 15 is 0 Å². The lowest BCUT2D eigenvalue weighted by molar-refractivity contribution is -0.0411. The maximum atomic E-state index is 12.1. The Labute approximate surface area is 117 Å². The van der Waals surface area contributed by atoms with Crippen molar-refractivity contribution >= 4 is 6.09 Å². The molecule has 1 amide bonds. The minimum Gasteiger partial charge on any atom is -0.445 e. The minimum atomic E-state index is -0.863. The van der Waals surface area contributed by atoms with E-state index in [-0.39, 0.29) is 18.6 Å². The normalized spacial score (nSPS) is 32.2. The van der Waals surface area contributed by atoms with E-state index in [4.69, 9.17) is 4.74 Å². The Morgan fingerprint density at radius 2 is 2.00 bits per heavy atom. The van der Waals surface area contributed by atoms with Crippen molar-refractivity contribution in [2.24, 2.45) is 5.92 Å². The Bertz CT molecular complexity index is 478. The molecule has 5 heteroatoms. The smallest absolute Gasteiger partial charge is 0.410 e. The molecule has 2 aliphatic rings. The molecule has 2 N–H and O–H groups in total. The standard InChI is InChI=1S/C15H19NO4/c17-13-7-11-6-12(14(13)18)16(8-11)15(19)20-9-10-4-2-1-3-5-10/h1-5,11-14,17-18H,6-9H2/t11-,12+,13+,14-/m0/s1. The zero-order valence-corrected chi connectivity index (χ0v) is 11.2. The second-order valence-electron chi connectivity index (χ2n) is 5.66. The third-order valence-electron chi connectivity index (χ3n) is 4.23. The predicted octanol–water partition coefficient (Wildman–Crippen LogP) is 1.14. The van der Waals surface area contributed by atoms with E-state index in [9.17, 15) is 15.0 Å². The molecule has 0 unspecified atom stereocenters. The predicted molar refractivity (Wildman–Crippen MR) is 71.9 cm³/mol. The SMILES string of the molecule is O=C(OCc1ccccc1)N1C[C@@H]2C[C@@H](O)[C@@H](O)[C@H]1C2. The maximum Gasteiger partial charge on any atom is 0.410 e. The highest BCUT2D eigenvalue weighted by Gasteiger charge is 2.47. The number of hydrogen-bond donors (Lipinski definition) is 2. The van der Waals surface area contributed by atoms with E-state index < -0.39 is 18.3 Å². The molecule has 1 aliphatic heterocycles. The van der Waals surface area contributed by atoms with Crippen LogP contribution in [0.15, 0.2) is 30.3 Å². The molecule has 4 atom stereocenters. The molecule has 0 radical (unpaired) electrons. The van der Waals surface area contributed by atoms with Gasteiger partial charge in [0.25, 0.3) is 0 Å². The highest BCUT2D eigenvalue weighted by Crippen LogP contribution is 2.36. The van der Waals surface area contributed by atoms with Crippen LogP contribution in [0.4, 0.5) is 4.79 Å². The number of aliphatic hydroxyl groups excluding tert-OH is 2. The average molecular weight is 277 g/mol. The van der Waals surface area contributed by atoms with Crippen molar-refractivity contribution in [2.75, 3.05) is 6.54 Å². The van der Waals surface area contributed by atoms with Crippen LogP contribution in [0.1, 0.15) is 18.4 Å². The van der Waals surface area contributed by atoms with Gasteiger partial charge in [0.15, 0.2) is 0 Å². The van der Waals surface area contributed by atoms with Gasteiger partial charge in [0.1, 0.15) is 12.7 Å². The van der Waals surface area contributed by atoms with Crippen LogP contribution >= 0.6 is 0 Å². The van der Waals surface area contributed by atoms with Gasteiger partial charge in [-0.15, -0.1) is 0 Å². The summed E-state index contributed by atoms with van der Waals surface area (Å²) in [5.41, 5.74) is 0.934. The molecule has 108 valence electrons. The second-order valence-corrected chi connectivity index (χ2v) is 5.66. The van der Waals surface area contributed by atoms with Crippen molar-refractivity contribution < 1.29 is 19.7 Å². The van der Waals surface area contributed by atoms with Gasteiger partial charge in [0.05, 0.1) is 12.1 Å². The molecule has 0 aromatic heterocycles. The first-order chi connectivity index (χ1) is 9.65. The number of carbonyl (C=O) groups excluding carboxylic acids is 1. The van der Waals surface area contributed by atoms with Gasteiger partial charge in [0, 0.05) is 6.54 Å². The molecule has 5 nitrogen and oxygen atoms in total. The fourth-order valence-electron chi connectivity index (χ4n) is 3.20. The van der Waals surface area contributed by atoms with Crippen LogP contribution in [0.5, 0.6) is 0 Å². The largest absolute Gasteiger partial charge is 0.445 e. The maximum absolute atomic E-state index is 12.1. The van der Waals surface area contributed by atoms with Crippen LogP contribution in [-0.2, 0) is 11.3 Å². The number of likely N-dealkylation sites (tertiary alicyclic amines) is 1. The molecule has 0 spiro atoms. The van der Waals surface area contributed by atoms with Crippen molar-refractivity contribution in [1.29, 1.82) is 0 Å². The number of rotatable bonds is 2. The Hall–Kier alpha value is -1.59. The van der Waals surface area contributed by atoms with Gasteiger partial charge < -0.3 is 19.8 Å². The van der Waals surface area contributed by atoms with Gasteiger partial charge in [-0.2, -0.15) is 0 Å². The summed E-state index contributed by atoms with van der Waals surface area (Å²) in [5, 5.41) is 19.7. The Balaban J connectivity index is 1.61. The van der Waals surface area contributed by atoms with Crippen molar-refractivity contribution in [1.82, 2.24) is 4.90 Å². The summed E-state index contributed by atoms with van der Waals surface area (Å²) in [4.78, 5) is 13.7. The number of benzene rings is 1. The highest BCUT2D eigenvalue weighted by molar-refractivity contribution is 5.68. The van der Waals surface area contributed by atoms with Gasteiger partial charge >= 0.3 is 6.09 Å². The van der Waals surface area contributed by atoms with Crippen molar-refractivity contribution in [3.63, 3.8) is 0 Å². The molecule has 2 fully saturated rings. The summed E-state index contributed by atoms with van der Waals surface area (Å²) in [6, 6.07) is 9.18. The summed E-state index contributed by atoms with van der Waals surface area (Å²) >= 11 is 0. The first-order valence-electron chi connectivity index (χ1n) is 6.98. The van der Waals surface area contributed by atoms with Crippen LogP contribution in [0, 0.1) is 5.92 Å². The molecular formula is C15H19NO4. The fraction of sp³-hybridized carbons (Fsp3) is 0.533. The number of nitrogens with zero attached hydrogens (tertiary/aromatic N) is 1. The van der Waals surface area contributed by atoms with Gasteiger partial charge in [0.2, 0.25) is 0 Å². The molecule has 1 saturated carbocycles. The highest BCUT2D eigenvalue weighted by atomic mass is 16.6. The lowest BCUT2D eigenvalue weighted by Gasteiger charge is -2.31.